The van der Waals surface area contributed by atoms with E-state index in [4.69, 9.17) is 19.9 Å². The Hall–Kier alpha value is -1.89. The molecule has 1 heterocycles. The normalized spacial score (nSPS) is 24.6. The van der Waals surface area contributed by atoms with Crippen molar-refractivity contribution >= 4 is 26.8 Å². The molecule has 192 valence electrons. The first-order valence-electron chi connectivity index (χ1n) is 12.0. The average molecular weight is 496 g/mol. The highest BCUT2D eigenvalue weighted by molar-refractivity contribution is 7.16. The van der Waals surface area contributed by atoms with Crippen LogP contribution in [-0.2, 0) is 20.9 Å². The summed E-state index contributed by atoms with van der Waals surface area (Å²) in [6, 6.07) is 5.34. The van der Waals surface area contributed by atoms with Gasteiger partial charge in [-0.1, -0.05) is 26.8 Å². The number of ether oxygens (including phenoxy) is 3. The number of nitrogens with zero attached hydrogens (tertiary/aromatic N) is 2. The number of amides is 1. The largest absolute Gasteiger partial charge is 0.462 e. The smallest absolute Gasteiger partial charge is 0.410 e. The van der Waals surface area contributed by atoms with Crippen molar-refractivity contribution in [2.75, 3.05) is 45.6 Å². The van der Waals surface area contributed by atoms with E-state index in [0.29, 0.717) is 24.5 Å². The van der Waals surface area contributed by atoms with Crippen LogP contribution in [0.1, 0.15) is 39.7 Å². The van der Waals surface area contributed by atoms with Crippen molar-refractivity contribution in [3.8, 4) is 5.75 Å². The second kappa shape index (κ2) is 13.3. The maximum Gasteiger partial charge on any atom is 0.410 e. The third-order valence-electron chi connectivity index (χ3n) is 6.63. The quantitative estimate of drug-likeness (QED) is 0.370. The van der Waals surface area contributed by atoms with E-state index in [1.54, 1.807) is 24.0 Å². The fourth-order valence-electron chi connectivity index (χ4n) is 4.05. The van der Waals surface area contributed by atoms with Gasteiger partial charge in [0.2, 0.25) is 6.29 Å². The summed E-state index contributed by atoms with van der Waals surface area (Å²) in [5, 5.41) is 0. The molecule has 0 aromatic heterocycles. The number of Topliss-reactive ketones (excluding diaryl/α,β-unsaturated/α-hetero) is 1. The highest BCUT2D eigenvalue weighted by Crippen LogP contribution is 2.37. The Morgan fingerprint density at radius 3 is 2.38 bits per heavy atom. The Labute approximate surface area is 206 Å². The highest BCUT2D eigenvalue weighted by atomic mass is 31.0. The van der Waals surface area contributed by atoms with Gasteiger partial charge in [-0.3, -0.25) is 4.79 Å². The summed E-state index contributed by atoms with van der Waals surface area (Å²) in [7, 11) is 6.64. The van der Waals surface area contributed by atoms with Gasteiger partial charge >= 0.3 is 6.09 Å². The molecule has 2 rings (SSSR count). The standard InChI is InChI=1S/C25H42N3O5P/c1-16-17(2)23(19(4)29)33-24(18(16)3)32-22-9-8-20(14-21(22)26)15-31-25(30)28(10-7-13-34)12-11-27(5)6/h8-9,14,16-18,23-24H,7,10-13,15,26,34H2,1-6H3/t16-,17?,18-,23?,24?/m0/s1. The van der Waals surface area contributed by atoms with Crippen molar-refractivity contribution in [3.63, 3.8) is 0 Å². The Morgan fingerprint density at radius 1 is 1.09 bits per heavy atom. The van der Waals surface area contributed by atoms with Crippen molar-refractivity contribution in [2.45, 2.75) is 53.1 Å². The second-order valence-electron chi connectivity index (χ2n) is 9.59. The number of likely N-dealkylation sites (N-methyl/N-ethyl adjacent to an activating group) is 1. The molecule has 1 aliphatic rings. The van der Waals surface area contributed by atoms with Crippen molar-refractivity contribution in [1.29, 1.82) is 0 Å². The van der Waals surface area contributed by atoms with Crippen molar-refractivity contribution in [3.05, 3.63) is 23.8 Å². The molecule has 1 amide bonds. The molecule has 1 aliphatic heterocycles. The van der Waals surface area contributed by atoms with E-state index >= 15 is 0 Å². The van der Waals surface area contributed by atoms with Gasteiger partial charge in [0.1, 0.15) is 18.5 Å². The van der Waals surface area contributed by atoms with Gasteiger partial charge in [0.25, 0.3) is 0 Å². The number of benzene rings is 1. The molecule has 8 nitrogen and oxygen atoms in total. The second-order valence-corrected chi connectivity index (χ2v) is 10.2. The average Bonchev–Trinajstić information content (AvgIpc) is 2.78. The molecule has 1 aromatic carbocycles. The van der Waals surface area contributed by atoms with Gasteiger partial charge in [0.15, 0.2) is 5.78 Å². The number of nitrogens with two attached hydrogens (primary N) is 1. The van der Waals surface area contributed by atoms with E-state index in [2.05, 4.69) is 23.1 Å². The first-order valence-corrected chi connectivity index (χ1v) is 12.8. The summed E-state index contributed by atoms with van der Waals surface area (Å²) in [6.45, 7) is 9.93. The van der Waals surface area contributed by atoms with E-state index in [-0.39, 0.29) is 36.2 Å². The first kappa shape index (κ1) is 28.3. The molecule has 4 unspecified atom stereocenters. The van der Waals surface area contributed by atoms with Gasteiger partial charge in [-0.2, -0.15) is 0 Å². The minimum atomic E-state index is -0.562. The Kier molecular flexibility index (Phi) is 11.1. The van der Waals surface area contributed by atoms with Crippen LogP contribution in [0.15, 0.2) is 18.2 Å². The Balaban J connectivity index is 2.00. The van der Waals surface area contributed by atoms with Crippen LogP contribution in [-0.4, -0.2) is 74.0 Å². The van der Waals surface area contributed by atoms with E-state index in [9.17, 15) is 9.59 Å². The van der Waals surface area contributed by atoms with Crippen LogP contribution in [0.3, 0.4) is 0 Å². The molecule has 2 N–H and O–H groups in total. The number of hydrogen-bond acceptors (Lipinski definition) is 7. The lowest BCUT2D eigenvalue weighted by atomic mass is 9.78. The van der Waals surface area contributed by atoms with E-state index < -0.39 is 12.4 Å². The molecule has 1 aromatic rings. The topological polar surface area (TPSA) is 94.3 Å². The van der Waals surface area contributed by atoms with Crippen LogP contribution in [0.2, 0.25) is 0 Å². The minimum absolute atomic E-state index is 0.00213. The van der Waals surface area contributed by atoms with Crippen LogP contribution in [0.5, 0.6) is 5.75 Å². The van der Waals surface area contributed by atoms with Gasteiger partial charge in [0.05, 0.1) is 5.69 Å². The number of rotatable bonds is 11. The number of nitrogen functional groups attached to an aromatic ring is 1. The van der Waals surface area contributed by atoms with Gasteiger partial charge in [-0.15, -0.1) is 9.24 Å². The fourth-order valence-corrected chi connectivity index (χ4v) is 4.23. The number of ketones is 1. The molecule has 0 aliphatic carbocycles. The molecule has 1 saturated heterocycles. The predicted octanol–water partition coefficient (Wildman–Crippen LogP) is 3.64. The zero-order valence-electron chi connectivity index (χ0n) is 21.5. The zero-order valence-corrected chi connectivity index (χ0v) is 22.6. The molecule has 0 bridgehead atoms. The van der Waals surface area contributed by atoms with Crippen LogP contribution < -0.4 is 10.5 Å². The van der Waals surface area contributed by atoms with Crippen molar-refractivity contribution in [2.24, 2.45) is 17.8 Å². The molecule has 0 spiro atoms. The molecule has 34 heavy (non-hydrogen) atoms. The molecule has 6 atom stereocenters. The monoisotopic (exact) mass is 495 g/mol. The summed E-state index contributed by atoms with van der Waals surface area (Å²) < 4.78 is 17.6. The maximum absolute atomic E-state index is 12.6. The lowest BCUT2D eigenvalue weighted by Gasteiger charge is -2.42. The highest BCUT2D eigenvalue weighted by Gasteiger charge is 2.42. The Bertz CT molecular complexity index is 822. The van der Waals surface area contributed by atoms with Gasteiger partial charge in [0, 0.05) is 25.6 Å². The fraction of sp³-hybridized carbons (Fsp3) is 0.680. The van der Waals surface area contributed by atoms with E-state index in [1.165, 1.54) is 0 Å². The zero-order chi connectivity index (χ0) is 25.4. The first-order chi connectivity index (χ1) is 16.0. The van der Waals surface area contributed by atoms with Crippen molar-refractivity contribution < 1.29 is 23.8 Å². The molecule has 0 saturated carbocycles. The minimum Gasteiger partial charge on any atom is -0.462 e. The third kappa shape index (κ3) is 7.82. The maximum atomic E-state index is 12.6. The van der Waals surface area contributed by atoms with Gasteiger partial charge in [-0.05, 0) is 63.1 Å². The third-order valence-corrected chi connectivity index (χ3v) is 7.04. The van der Waals surface area contributed by atoms with E-state index in [0.717, 1.165) is 24.7 Å². The summed E-state index contributed by atoms with van der Waals surface area (Å²) in [5.41, 5.74) is 7.46. The van der Waals surface area contributed by atoms with Crippen molar-refractivity contribution in [1.82, 2.24) is 9.80 Å². The number of carbonyl (C=O) groups is 2. The molecular formula is C25H42N3O5P. The van der Waals surface area contributed by atoms with Gasteiger partial charge < -0.3 is 29.7 Å². The molecule has 1 fully saturated rings. The number of anilines is 1. The van der Waals surface area contributed by atoms with E-state index in [1.807, 2.05) is 32.0 Å². The van der Waals surface area contributed by atoms with Crippen LogP contribution in [0.4, 0.5) is 10.5 Å². The summed E-state index contributed by atoms with van der Waals surface area (Å²) in [6.07, 6.45) is 0.445. The SMILES string of the molecule is CC(=O)C1OC(Oc2ccc(COC(=O)N(CCCP)CCN(C)C)cc2N)[C@@H](C)[C@@H](C)C1C. The molecular weight excluding hydrogens is 453 g/mol. The Morgan fingerprint density at radius 2 is 1.79 bits per heavy atom. The lowest BCUT2D eigenvalue weighted by molar-refractivity contribution is -0.209. The lowest BCUT2D eigenvalue weighted by Crippen LogP contribution is -2.49. The molecule has 0 radical (unpaired) electrons. The van der Waals surface area contributed by atoms with Crippen LogP contribution >= 0.6 is 9.24 Å². The van der Waals surface area contributed by atoms with Crippen LogP contribution in [0, 0.1) is 17.8 Å². The van der Waals surface area contributed by atoms with Gasteiger partial charge in [-0.25, -0.2) is 4.79 Å². The molecule has 9 heteroatoms. The predicted molar refractivity (Wildman–Crippen MR) is 138 cm³/mol. The summed E-state index contributed by atoms with van der Waals surface area (Å²) in [5.74, 6) is 0.969. The number of hydrogen-bond donors (Lipinski definition) is 1. The summed E-state index contributed by atoms with van der Waals surface area (Å²) in [4.78, 5) is 28.4. The summed E-state index contributed by atoms with van der Waals surface area (Å²) >= 11 is 0. The number of carbonyl (C=O) groups excluding carboxylic acids is 2. The van der Waals surface area contributed by atoms with Crippen LogP contribution in [0.25, 0.3) is 0 Å².